The summed E-state index contributed by atoms with van der Waals surface area (Å²) in [5.41, 5.74) is 0. The van der Waals surface area contributed by atoms with Gasteiger partial charge in [0.1, 0.15) is 0 Å². The number of aryl methyl sites for hydroxylation is 1. The van der Waals surface area contributed by atoms with Crippen LogP contribution in [0.3, 0.4) is 0 Å². The lowest BCUT2D eigenvalue weighted by Crippen LogP contribution is -2.51. The Bertz CT molecular complexity index is 438. The summed E-state index contributed by atoms with van der Waals surface area (Å²) in [4.78, 5) is 2.46. The minimum Gasteiger partial charge on any atom is -0.381 e. The Morgan fingerprint density at radius 2 is 2.30 bits per heavy atom. The van der Waals surface area contributed by atoms with Gasteiger partial charge in [0, 0.05) is 32.7 Å². The predicted octanol–water partition coefficient (Wildman–Crippen LogP) is 0.226. The molecule has 1 saturated heterocycles. The maximum absolute atomic E-state index is 5.71. The van der Waals surface area contributed by atoms with Crippen molar-refractivity contribution < 1.29 is 9.47 Å². The molecule has 20 heavy (non-hydrogen) atoms. The molecule has 7 nitrogen and oxygen atoms in total. The zero-order valence-electron chi connectivity index (χ0n) is 12.2. The third-order valence-electron chi connectivity index (χ3n) is 4.63. The fraction of sp³-hybridized carbons (Fsp3) is 0.923. The summed E-state index contributed by atoms with van der Waals surface area (Å²) in [6.07, 6.45) is 4.00. The quantitative estimate of drug-likeness (QED) is 0.787. The summed E-state index contributed by atoms with van der Waals surface area (Å²) in [6.45, 7) is 3.29. The molecule has 1 aromatic heterocycles. The molecule has 0 radical (unpaired) electrons. The van der Waals surface area contributed by atoms with Crippen molar-refractivity contribution in [1.82, 2.24) is 25.1 Å². The molecule has 0 N–H and O–H groups in total. The molecule has 1 aromatic rings. The van der Waals surface area contributed by atoms with E-state index in [1.54, 1.807) is 4.68 Å². The molecule has 0 bridgehead atoms. The van der Waals surface area contributed by atoms with Crippen molar-refractivity contribution in [3.05, 3.63) is 5.82 Å². The van der Waals surface area contributed by atoms with Gasteiger partial charge in [0.25, 0.3) is 0 Å². The molecule has 1 aliphatic carbocycles. The predicted molar refractivity (Wildman–Crippen MR) is 72.0 cm³/mol. The Kier molecular flexibility index (Phi) is 4.28. The summed E-state index contributed by atoms with van der Waals surface area (Å²) in [6, 6.07) is 0.410. The molecular formula is C13H23N5O2. The number of aromatic nitrogens is 4. The van der Waals surface area contributed by atoms with Crippen molar-refractivity contribution in [2.45, 2.75) is 38.0 Å². The molecule has 112 valence electrons. The van der Waals surface area contributed by atoms with Crippen LogP contribution < -0.4 is 0 Å². The van der Waals surface area contributed by atoms with E-state index in [9.17, 15) is 0 Å². The van der Waals surface area contributed by atoms with Crippen LogP contribution in [0.5, 0.6) is 0 Å². The van der Waals surface area contributed by atoms with Crippen LogP contribution in [-0.2, 0) is 23.1 Å². The second-order valence-corrected chi connectivity index (χ2v) is 5.70. The Morgan fingerprint density at radius 3 is 3.05 bits per heavy atom. The highest BCUT2D eigenvalue weighted by atomic mass is 16.5. The van der Waals surface area contributed by atoms with Gasteiger partial charge in [-0.15, -0.1) is 5.10 Å². The van der Waals surface area contributed by atoms with Gasteiger partial charge in [-0.3, -0.25) is 4.90 Å². The number of rotatable bonds is 4. The molecule has 0 unspecified atom stereocenters. The van der Waals surface area contributed by atoms with Crippen LogP contribution in [0.4, 0.5) is 0 Å². The number of ether oxygens (including phenoxy) is 2. The van der Waals surface area contributed by atoms with Crippen LogP contribution in [0.15, 0.2) is 0 Å². The highest BCUT2D eigenvalue weighted by molar-refractivity contribution is 4.92. The van der Waals surface area contributed by atoms with Gasteiger partial charge >= 0.3 is 0 Å². The smallest absolute Gasteiger partial charge is 0.165 e. The highest BCUT2D eigenvalue weighted by Crippen LogP contribution is 2.34. The standard InChI is InChI=1S/C13H23N5O2/c1-17-13(14-15-16-17)8-18-6-7-20-9-11(18)10-4-3-5-12(10)19-2/h10-12H,3-9H2,1-2H3/t10-,11+,12+/m0/s1. The van der Waals surface area contributed by atoms with E-state index in [2.05, 4.69) is 20.4 Å². The lowest BCUT2D eigenvalue weighted by molar-refractivity contribution is -0.0619. The Labute approximate surface area is 119 Å². The number of hydrogen-bond acceptors (Lipinski definition) is 6. The summed E-state index contributed by atoms with van der Waals surface area (Å²) in [5, 5.41) is 11.7. The number of nitrogens with zero attached hydrogens (tertiary/aromatic N) is 5. The second-order valence-electron chi connectivity index (χ2n) is 5.70. The average Bonchev–Trinajstić information content (AvgIpc) is 3.09. The average molecular weight is 281 g/mol. The van der Waals surface area contributed by atoms with Crippen molar-refractivity contribution in [1.29, 1.82) is 0 Å². The van der Waals surface area contributed by atoms with Crippen molar-refractivity contribution >= 4 is 0 Å². The summed E-state index contributed by atoms with van der Waals surface area (Å²) >= 11 is 0. The van der Waals surface area contributed by atoms with E-state index in [0.29, 0.717) is 18.1 Å². The number of methoxy groups -OCH3 is 1. The molecule has 2 heterocycles. The molecule has 2 fully saturated rings. The summed E-state index contributed by atoms with van der Waals surface area (Å²) < 4.78 is 13.1. The Morgan fingerprint density at radius 1 is 1.40 bits per heavy atom. The van der Waals surface area contributed by atoms with Crippen LogP contribution in [0.25, 0.3) is 0 Å². The first-order chi connectivity index (χ1) is 9.79. The van der Waals surface area contributed by atoms with Gasteiger partial charge in [0.05, 0.1) is 25.9 Å². The van der Waals surface area contributed by atoms with E-state index in [1.807, 2.05) is 14.2 Å². The lowest BCUT2D eigenvalue weighted by atomic mass is 9.94. The van der Waals surface area contributed by atoms with Crippen LogP contribution in [0.2, 0.25) is 0 Å². The first kappa shape index (κ1) is 13.9. The minimum absolute atomic E-state index is 0.363. The van der Waals surface area contributed by atoms with Gasteiger partial charge in [-0.25, -0.2) is 4.68 Å². The van der Waals surface area contributed by atoms with Crippen LogP contribution in [0.1, 0.15) is 25.1 Å². The zero-order chi connectivity index (χ0) is 13.9. The maximum Gasteiger partial charge on any atom is 0.165 e. The largest absolute Gasteiger partial charge is 0.381 e. The van der Waals surface area contributed by atoms with Gasteiger partial charge in [0.15, 0.2) is 5.82 Å². The number of morpholine rings is 1. The van der Waals surface area contributed by atoms with E-state index in [-0.39, 0.29) is 0 Å². The van der Waals surface area contributed by atoms with Gasteiger partial charge in [0.2, 0.25) is 0 Å². The lowest BCUT2D eigenvalue weighted by Gasteiger charge is -2.40. The van der Waals surface area contributed by atoms with Crippen molar-refractivity contribution in [3.8, 4) is 0 Å². The van der Waals surface area contributed by atoms with Gasteiger partial charge in [-0.2, -0.15) is 0 Å². The first-order valence-corrected chi connectivity index (χ1v) is 7.35. The monoisotopic (exact) mass is 281 g/mol. The number of hydrogen-bond donors (Lipinski definition) is 0. The molecule has 7 heteroatoms. The van der Waals surface area contributed by atoms with Gasteiger partial charge in [-0.1, -0.05) is 6.42 Å². The number of tetrazole rings is 1. The second kappa shape index (κ2) is 6.15. The van der Waals surface area contributed by atoms with Gasteiger partial charge < -0.3 is 9.47 Å². The molecule has 0 aromatic carbocycles. The van der Waals surface area contributed by atoms with Crippen LogP contribution in [-0.4, -0.2) is 64.1 Å². The fourth-order valence-electron chi connectivity index (χ4n) is 3.50. The molecule has 0 spiro atoms. The Balaban J connectivity index is 1.72. The van der Waals surface area contributed by atoms with Crippen LogP contribution >= 0.6 is 0 Å². The third-order valence-corrected chi connectivity index (χ3v) is 4.63. The maximum atomic E-state index is 5.71. The molecule has 2 aliphatic rings. The minimum atomic E-state index is 0.363. The zero-order valence-corrected chi connectivity index (χ0v) is 12.2. The van der Waals surface area contributed by atoms with E-state index >= 15 is 0 Å². The van der Waals surface area contributed by atoms with Crippen molar-refractivity contribution in [2.24, 2.45) is 13.0 Å². The van der Waals surface area contributed by atoms with Crippen LogP contribution in [0, 0.1) is 5.92 Å². The SMILES string of the molecule is CO[C@@H]1CCC[C@H]1[C@H]1COCCN1Cc1nnnn1C. The van der Waals surface area contributed by atoms with E-state index < -0.39 is 0 Å². The van der Waals surface area contributed by atoms with E-state index in [4.69, 9.17) is 9.47 Å². The Hall–Kier alpha value is -1.05. The third kappa shape index (κ3) is 2.70. The molecular weight excluding hydrogens is 258 g/mol. The highest BCUT2D eigenvalue weighted by Gasteiger charge is 2.38. The topological polar surface area (TPSA) is 65.3 Å². The fourth-order valence-corrected chi connectivity index (χ4v) is 3.50. The van der Waals surface area contributed by atoms with Crippen molar-refractivity contribution in [3.63, 3.8) is 0 Å². The molecule has 3 rings (SSSR count). The van der Waals surface area contributed by atoms with Crippen molar-refractivity contribution in [2.75, 3.05) is 26.9 Å². The van der Waals surface area contributed by atoms with E-state index in [1.165, 1.54) is 12.8 Å². The molecule has 3 atom stereocenters. The van der Waals surface area contributed by atoms with Gasteiger partial charge in [-0.05, 0) is 23.3 Å². The first-order valence-electron chi connectivity index (χ1n) is 7.35. The summed E-state index contributed by atoms with van der Waals surface area (Å²) in [5.74, 6) is 1.46. The molecule has 1 aliphatic heterocycles. The normalized spacial score (nSPS) is 31.8. The van der Waals surface area contributed by atoms with E-state index in [0.717, 1.165) is 38.5 Å². The molecule has 0 amide bonds. The molecule has 1 saturated carbocycles. The summed E-state index contributed by atoms with van der Waals surface area (Å²) in [7, 11) is 3.71.